The SMILES string of the molecule is CNCCC(=O)NC1Cc2ccccc2C1. The van der Waals surface area contributed by atoms with Crippen LogP contribution in [0.2, 0.25) is 0 Å². The Bertz CT molecular complexity index is 351. The molecule has 0 heterocycles. The highest BCUT2D eigenvalue weighted by atomic mass is 16.1. The van der Waals surface area contributed by atoms with Gasteiger partial charge in [0.2, 0.25) is 5.91 Å². The van der Waals surface area contributed by atoms with Crippen molar-refractivity contribution in [3.8, 4) is 0 Å². The standard InChI is InChI=1S/C13H18N2O/c1-14-7-6-13(16)15-12-8-10-4-2-3-5-11(10)9-12/h2-5,12,14H,6-9H2,1H3,(H,15,16). The number of carbonyl (C=O) groups is 1. The van der Waals surface area contributed by atoms with E-state index >= 15 is 0 Å². The van der Waals surface area contributed by atoms with E-state index in [4.69, 9.17) is 0 Å². The molecule has 3 heteroatoms. The number of hydrogen-bond acceptors (Lipinski definition) is 2. The molecule has 0 radical (unpaired) electrons. The lowest BCUT2D eigenvalue weighted by Crippen LogP contribution is -2.36. The van der Waals surface area contributed by atoms with Gasteiger partial charge < -0.3 is 10.6 Å². The van der Waals surface area contributed by atoms with E-state index in [1.54, 1.807) is 0 Å². The zero-order chi connectivity index (χ0) is 11.4. The first-order valence-electron chi connectivity index (χ1n) is 5.80. The molecule has 1 amide bonds. The zero-order valence-electron chi connectivity index (χ0n) is 9.62. The fraction of sp³-hybridized carbons (Fsp3) is 0.462. The lowest BCUT2D eigenvalue weighted by molar-refractivity contribution is -0.121. The Labute approximate surface area is 96.2 Å². The van der Waals surface area contributed by atoms with Gasteiger partial charge in [-0.1, -0.05) is 24.3 Å². The van der Waals surface area contributed by atoms with Crippen molar-refractivity contribution in [2.45, 2.75) is 25.3 Å². The first-order chi connectivity index (χ1) is 7.79. The molecular weight excluding hydrogens is 200 g/mol. The third-order valence-electron chi connectivity index (χ3n) is 3.02. The van der Waals surface area contributed by atoms with Crippen LogP contribution in [0, 0.1) is 0 Å². The third kappa shape index (κ3) is 2.61. The van der Waals surface area contributed by atoms with Crippen molar-refractivity contribution < 1.29 is 4.79 Å². The summed E-state index contributed by atoms with van der Waals surface area (Å²) in [4.78, 5) is 11.6. The number of benzene rings is 1. The second-order valence-electron chi connectivity index (χ2n) is 4.29. The Morgan fingerprint density at radius 1 is 1.31 bits per heavy atom. The van der Waals surface area contributed by atoms with Gasteiger partial charge in [0, 0.05) is 19.0 Å². The first kappa shape index (κ1) is 11.1. The van der Waals surface area contributed by atoms with Crippen LogP contribution in [0.25, 0.3) is 0 Å². The molecule has 1 aromatic rings. The van der Waals surface area contributed by atoms with E-state index in [2.05, 4.69) is 34.9 Å². The molecule has 0 saturated carbocycles. The Hall–Kier alpha value is -1.35. The van der Waals surface area contributed by atoms with Gasteiger partial charge in [-0.05, 0) is 31.0 Å². The van der Waals surface area contributed by atoms with Gasteiger partial charge in [0.15, 0.2) is 0 Å². The van der Waals surface area contributed by atoms with E-state index in [1.165, 1.54) is 11.1 Å². The highest BCUT2D eigenvalue weighted by molar-refractivity contribution is 5.76. The molecule has 1 aliphatic rings. The summed E-state index contributed by atoms with van der Waals surface area (Å²) in [5.41, 5.74) is 2.75. The maximum Gasteiger partial charge on any atom is 0.221 e. The lowest BCUT2D eigenvalue weighted by Gasteiger charge is -2.11. The normalized spacial score (nSPS) is 14.8. The molecule has 0 saturated heterocycles. The quantitative estimate of drug-likeness (QED) is 0.787. The van der Waals surface area contributed by atoms with Gasteiger partial charge in [-0.15, -0.1) is 0 Å². The number of fused-ring (bicyclic) bond motifs is 1. The minimum atomic E-state index is 0.146. The number of carbonyl (C=O) groups excluding carboxylic acids is 1. The summed E-state index contributed by atoms with van der Waals surface area (Å²) in [7, 11) is 1.86. The average Bonchev–Trinajstić information content (AvgIpc) is 2.68. The van der Waals surface area contributed by atoms with E-state index < -0.39 is 0 Å². The topological polar surface area (TPSA) is 41.1 Å². The molecule has 2 rings (SSSR count). The number of hydrogen-bond donors (Lipinski definition) is 2. The summed E-state index contributed by atoms with van der Waals surface area (Å²) in [6.45, 7) is 0.742. The molecule has 16 heavy (non-hydrogen) atoms. The van der Waals surface area contributed by atoms with Gasteiger partial charge in [-0.2, -0.15) is 0 Å². The molecule has 0 atom stereocenters. The van der Waals surface area contributed by atoms with Crippen molar-refractivity contribution >= 4 is 5.91 Å². The molecule has 0 aliphatic heterocycles. The van der Waals surface area contributed by atoms with Crippen LogP contribution in [0.3, 0.4) is 0 Å². The largest absolute Gasteiger partial charge is 0.353 e. The molecular formula is C13H18N2O. The minimum Gasteiger partial charge on any atom is -0.353 e. The highest BCUT2D eigenvalue weighted by Gasteiger charge is 2.21. The van der Waals surface area contributed by atoms with Gasteiger partial charge in [0.1, 0.15) is 0 Å². The molecule has 3 nitrogen and oxygen atoms in total. The summed E-state index contributed by atoms with van der Waals surface area (Å²) in [6, 6.07) is 8.71. The lowest BCUT2D eigenvalue weighted by atomic mass is 10.1. The Morgan fingerprint density at radius 2 is 1.94 bits per heavy atom. The molecule has 86 valence electrons. The van der Waals surface area contributed by atoms with E-state index in [1.807, 2.05) is 7.05 Å². The van der Waals surface area contributed by atoms with Crippen LogP contribution in [0.1, 0.15) is 17.5 Å². The fourth-order valence-corrected chi connectivity index (χ4v) is 2.20. The van der Waals surface area contributed by atoms with Crippen LogP contribution < -0.4 is 10.6 Å². The van der Waals surface area contributed by atoms with Gasteiger partial charge in [0.25, 0.3) is 0 Å². The van der Waals surface area contributed by atoms with E-state index in [9.17, 15) is 4.79 Å². The van der Waals surface area contributed by atoms with Crippen molar-refractivity contribution in [2.24, 2.45) is 0 Å². The second-order valence-corrected chi connectivity index (χ2v) is 4.29. The van der Waals surface area contributed by atoms with Crippen molar-refractivity contribution in [3.63, 3.8) is 0 Å². The van der Waals surface area contributed by atoms with Crippen LogP contribution in [-0.2, 0) is 17.6 Å². The van der Waals surface area contributed by atoms with Crippen LogP contribution in [0.15, 0.2) is 24.3 Å². The van der Waals surface area contributed by atoms with E-state index in [0.717, 1.165) is 19.4 Å². The second kappa shape index (κ2) is 5.12. The molecule has 2 N–H and O–H groups in total. The highest BCUT2D eigenvalue weighted by Crippen LogP contribution is 2.21. The predicted molar refractivity (Wildman–Crippen MR) is 64.3 cm³/mol. The van der Waals surface area contributed by atoms with Gasteiger partial charge >= 0.3 is 0 Å². The summed E-state index contributed by atoms with van der Waals surface area (Å²) < 4.78 is 0. The average molecular weight is 218 g/mol. The Morgan fingerprint density at radius 3 is 2.50 bits per heavy atom. The molecule has 1 aromatic carbocycles. The summed E-state index contributed by atoms with van der Waals surface area (Å²) in [6.07, 6.45) is 2.51. The predicted octanol–water partition coefficient (Wildman–Crippen LogP) is 0.879. The minimum absolute atomic E-state index is 0.146. The van der Waals surface area contributed by atoms with Crippen LogP contribution in [0.4, 0.5) is 0 Å². The van der Waals surface area contributed by atoms with Crippen LogP contribution in [0.5, 0.6) is 0 Å². The van der Waals surface area contributed by atoms with Gasteiger partial charge in [-0.25, -0.2) is 0 Å². The first-order valence-corrected chi connectivity index (χ1v) is 5.80. The van der Waals surface area contributed by atoms with Crippen LogP contribution >= 0.6 is 0 Å². The fourth-order valence-electron chi connectivity index (χ4n) is 2.20. The zero-order valence-corrected chi connectivity index (χ0v) is 9.62. The van der Waals surface area contributed by atoms with Crippen molar-refractivity contribution in [1.29, 1.82) is 0 Å². The number of rotatable bonds is 4. The van der Waals surface area contributed by atoms with E-state index in [0.29, 0.717) is 12.5 Å². The van der Waals surface area contributed by atoms with Gasteiger partial charge in [-0.3, -0.25) is 4.79 Å². The van der Waals surface area contributed by atoms with Crippen LogP contribution in [-0.4, -0.2) is 25.5 Å². The summed E-state index contributed by atoms with van der Waals surface area (Å²) in [5, 5.41) is 6.06. The Balaban J connectivity index is 1.85. The third-order valence-corrected chi connectivity index (χ3v) is 3.02. The number of amides is 1. The van der Waals surface area contributed by atoms with Crippen molar-refractivity contribution in [1.82, 2.24) is 10.6 Å². The Kier molecular flexibility index (Phi) is 3.57. The molecule has 0 fully saturated rings. The number of nitrogens with one attached hydrogen (secondary N) is 2. The smallest absolute Gasteiger partial charge is 0.221 e. The molecule has 0 spiro atoms. The maximum atomic E-state index is 11.6. The van der Waals surface area contributed by atoms with E-state index in [-0.39, 0.29) is 5.91 Å². The summed E-state index contributed by atoms with van der Waals surface area (Å²) >= 11 is 0. The monoisotopic (exact) mass is 218 g/mol. The molecule has 0 unspecified atom stereocenters. The molecule has 1 aliphatic carbocycles. The van der Waals surface area contributed by atoms with Crippen molar-refractivity contribution in [3.05, 3.63) is 35.4 Å². The van der Waals surface area contributed by atoms with Crippen molar-refractivity contribution in [2.75, 3.05) is 13.6 Å². The van der Waals surface area contributed by atoms with Gasteiger partial charge in [0.05, 0.1) is 0 Å². The molecule has 0 aromatic heterocycles. The summed E-state index contributed by atoms with van der Waals surface area (Å²) in [5.74, 6) is 0.146. The molecule has 0 bridgehead atoms. The maximum absolute atomic E-state index is 11.6.